The van der Waals surface area contributed by atoms with E-state index in [4.69, 9.17) is 0 Å². The van der Waals surface area contributed by atoms with Crippen LogP contribution in [0.25, 0.3) is 0 Å². The second-order valence-corrected chi connectivity index (χ2v) is 6.09. The van der Waals surface area contributed by atoms with E-state index in [0.717, 1.165) is 29.2 Å². The SMILES string of the molecule is CC(C)CCNC1CCSc2c(F)cccc21. The lowest BCUT2D eigenvalue weighted by atomic mass is 10.0. The van der Waals surface area contributed by atoms with E-state index < -0.39 is 0 Å². The molecule has 1 aliphatic heterocycles. The highest BCUT2D eigenvalue weighted by Crippen LogP contribution is 2.37. The quantitative estimate of drug-likeness (QED) is 0.870. The Morgan fingerprint density at radius 1 is 1.47 bits per heavy atom. The second-order valence-electron chi connectivity index (χ2n) is 4.98. The highest BCUT2D eigenvalue weighted by Gasteiger charge is 2.22. The molecule has 17 heavy (non-hydrogen) atoms. The molecule has 1 N–H and O–H groups in total. The van der Waals surface area contributed by atoms with Gasteiger partial charge in [0.25, 0.3) is 0 Å². The summed E-state index contributed by atoms with van der Waals surface area (Å²) in [5.41, 5.74) is 1.14. The molecule has 94 valence electrons. The molecule has 0 aliphatic carbocycles. The first-order valence-electron chi connectivity index (χ1n) is 6.33. The summed E-state index contributed by atoms with van der Waals surface area (Å²) in [5, 5.41) is 3.56. The fraction of sp³-hybridized carbons (Fsp3) is 0.571. The van der Waals surface area contributed by atoms with E-state index >= 15 is 0 Å². The van der Waals surface area contributed by atoms with Gasteiger partial charge in [-0.2, -0.15) is 0 Å². The zero-order valence-electron chi connectivity index (χ0n) is 10.5. The molecular formula is C14H20FNS. The van der Waals surface area contributed by atoms with E-state index in [1.165, 1.54) is 6.42 Å². The van der Waals surface area contributed by atoms with Gasteiger partial charge in [0.05, 0.1) is 0 Å². The fourth-order valence-corrected chi connectivity index (χ4v) is 3.29. The number of thioether (sulfide) groups is 1. The topological polar surface area (TPSA) is 12.0 Å². The number of halogens is 1. The number of benzene rings is 1. The summed E-state index contributed by atoms with van der Waals surface area (Å²) in [4.78, 5) is 0.848. The molecule has 0 aromatic heterocycles. The predicted octanol–water partition coefficient (Wildman–Crippen LogP) is 4.00. The van der Waals surface area contributed by atoms with Crippen LogP contribution in [0.5, 0.6) is 0 Å². The van der Waals surface area contributed by atoms with Gasteiger partial charge in [-0.15, -0.1) is 11.8 Å². The molecule has 1 heterocycles. The molecule has 1 nitrogen and oxygen atoms in total. The molecule has 1 aromatic carbocycles. The third-order valence-corrected chi connectivity index (χ3v) is 4.30. The van der Waals surface area contributed by atoms with Gasteiger partial charge in [0.15, 0.2) is 0 Å². The maximum absolute atomic E-state index is 13.6. The molecular weight excluding hydrogens is 233 g/mol. The molecule has 3 heteroatoms. The van der Waals surface area contributed by atoms with E-state index in [1.54, 1.807) is 17.8 Å². The van der Waals surface area contributed by atoms with Gasteiger partial charge < -0.3 is 5.32 Å². The van der Waals surface area contributed by atoms with Crippen LogP contribution < -0.4 is 5.32 Å². The van der Waals surface area contributed by atoms with Crippen molar-refractivity contribution in [3.8, 4) is 0 Å². The van der Waals surface area contributed by atoms with Crippen molar-refractivity contribution in [2.45, 2.75) is 37.6 Å². The molecule has 1 aliphatic rings. The summed E-state index contributed by atoms with van der Waals surface area (Å²) in [6, 6.07) is 5.76. The van der Waals surface area contributed by atoms with Crippen LogP contribution in [0.15, 0.2) is 23.1 Å². The number of nitrogens with one attached hydrogen (secondary N) is 1. The monoisotopic (exact) mass is 253 g/mol. The summed E-state index contributed by atoms with van der Waals surface area (Å²) in [5.74, 6) is 1.66. The van der Waals surface area contributed by atoms with Gasteiger partial charge in [-0.3, -0.25) is 0 Å². The van der Waals surface area contributed by atoms with Crippen molar-refractivity contribution in [3.05, 3.63) is 29.6 Å². The minimum absolute atomic E-state index is 0.0668. The Bertz CT molecular complexity index is 378. The molecule has 0 fully saturated rings. The Morgan fingerprint density at radius 3 is 3.06 bits per heavy atom. The van der Waals surface area contributed by atoms with Gasteiger partial charge in [-0.05, 0) is 42.7 Å². The van der Waals surface area contributed by atoms with Gasteiger partial charge in [-0.1, -0.05) is 26.0 Å². The minimum atomic E-state index is -0.0668. The van der Waals surface area contributed by atoms with Crippen LogP contribution >= 0.6 is 11.8 Å². The normalized spacial score (nSPS) is 19.4. The Labute approximate surface area is 107 Å². The molecule has 0 bridgehead atoms. The van der Waals surface area contributed by atoms with Crippen molar-refractivity contribution in [1.29, 1.82) is 0 Å². The summed E-state index contributed by atoms with van der Waals surface area (Å²) < 4.78 is 13.6. The first-order valence-corrected chi connectivity index (χ1v) is 7.31. The number of rotatable bonds is 4. The van der Waals surface area contributed by atoms with E-state index in [2.05, 4.69) is 25.2 Å². The van der Waals surface area contributed by atoms with Crippen molar-refractivity contribution in [3.63, 3.8) is 0 Å². The average Bonchev–Trinajstić information content (AvgIpc) is 2.30. The highest BCUT2D eigenvalue weighted by molar-refractivity contribution is 7.99. The summed E-state index contributed by atoms with van der Waals surface area (Å²) >= 11 is 1.64. The second kappa shape index (κ2) is 5.87. The summed E-state index contributed by atoms with van der Waals surface area (Å²) in [7, 11) is 0. The molecule has 0 radical (unpaired) electrons. The molecule has 1 atom stereocenters. The zero-order valence-corrected chi connectivity index (χ0v) is 11.3. The van der Waals surface area contributed by atoms with Gasteiger partial charge in [-0.25, -0.2) is 4.39 Å². The van der Waals surface area contributed by atoms with Crippen LogP contribution in [0.1, 0.15) is 38.3 Å². The maximum atomic E-state index is 13.6. The van der Waals surface area contributed by atoms with Crippen molar-refractivity contribution in [2.24, 2.45) is 5.92 Å². The smallest absolute Gasteiger partial charge is 0.137 e. The number of fused-ring (bicyclic) bond motifs is 1. The van der Waals surface area contributed by atoms with E-state index in [-0.39, 0.29) is 5.82 Å². The molecule has 1 aromatic rings. The number of hydrogen-bond acceptors (Lipinski definition) is 2. The van der Waals surface area contributed by atoms with Crippen LogP contribution in [0, 0.1) is 11.7 Å². The average molecular weight is 253 g/mol. The van der Waals surface area contributed by atoms with E-state index in [1.807, 2.05) is 6.07 Å². The molecule has 0 spiro atoms. The predicted molar refractivity (Wildman–Crippen MR) is 71.9 cm³/mol. The van der Waals surface area contributed by atoms with Crippen LogP contribution in [0.3, 0.4) is 0 Å². The Hall–Kier alpha value is -0.540. The molecule has 0 amide bonds. The highest BCUT2D eigenvalue weighted by atomic mass is 32.2. The number of hydrogen-bond donors (Lipinski definition) is 1. The molecule has 1 unspecified atom stereocenters. The lowest BCUT2D eigenvalue weighted by Crippen LogP contribution is -2.26. The summed E-state index contributed by atoms with van der Waals surface area (Å²) in [6.07, 6.45) is 2.27. The van der Waals surface area contributed by atoms with Crippen molar-refractivity contribution in [2.75, 3.05) is 12.3 Å². The van der Waals surface area contributed by atoms with Gasteiger partial charge in [0.2, 0.25) is 0 Å². The van der Waals surface area contributed by atoms with E-state index in [0.29, 0.717) is 12.0 Å². The lowest BCUT2D eigenvalue weighted by molar-refractivity contribution is 0.459. The van der Waals surface area contributed by atoms with Gasteiger partial charge in [0, 0.05) is 10.9 Å². The van der Waals surface area contributed by atoms with E-state index in [9.17, 15) is 4.39 Å². The van der Waals surface area contributed by atoms with Crippen molar-refractivity contribution >= 4 is 11.8 Å². The van der Waals surface area contributed by atoms with Crippen LogP contribution in [0.2, 0.25) is 0 Å². The van der Waals surface area contributed by atoms with Crippen LogP contribution in [-0.4, -0.2) is 12.3 Å². The lowest BCUT2D eigenvalue weighted by Gasteiger charge is -2.26. The van der Waals surface area contributed by atoms with Crippen LogP contribution in [0.4, 0.5) is 4.39 Å². The molecule has 0 saturated carbocycles. The Balaban J connectivity index is 2.04. The standard InChI is InChI=1S/C14H20FNS/c1-10(2)6-8-16-13-7-9-17-14-11(13)4-3-5-12(14)15/h3-5,10,13,16H,6-9H2,1-2H3. The van der Waals surface area contributed by atoms with Crippen molar-refractivity contribution in [1.82, 2.24) is 5.32 Å². The molecule has 2 rings (SSSR count). The maximum Gasteiger partial charge on any atom is 0.137 e. The zero-order chi connectivity index (χ0) is 12.3. The Morgan fingerprint density at radius 2 is 2.29 bits per heavy atom. The summed E-state index contributed by atoms with van der Waals surface area (Å²) in [6.45, 7) is 5.47. The first-order chi connectivity index (χ1) is 8.18. The molecule has 0 saturated heterocycles. The Kier molecular flexibility index (Phi) is 4.46. The fourth-order valence-electron chi connectivity index (χ4n) is 2.14. The largest absolute Gasteiger partial charge is 0.310 e. The van der Waals surface area contributed by atoms with Gasteiger partial charge >= 0.3 is 0 Å². The van der Waals surface area contributed by atoms with Gasteiger partial charge in [0.1, 0.15) is 5.82 Å². The minimum Gasteiger partial charge on any atom is -0.310 e. The third-order valence-electron chi connectivity index (χ3n) is 3.14. The first kappa shape index (κ1) is 12.9. The van der Waals surface area contributed by atoms with Crippen LogP contribution in [-0.2, 0) is 0 Å². The third kappa shape index (κ3) is 3.23. The van der Waals surface area contributed by atoms with Crippen molar-refractivity contribution < 1.29 is 4.39 Å².